The van der Waals surface area contributed by atoms with E-state index in [-0.39, 0.29) is 44.4 Å². The number of carbonyl (C=O) groups is 3. The van der Waals surface area contributed by atoms with Crippen molar-refractivity contribution in [2.45, 2.75) is 18.9 Å². The topological polar surface area (TPSA) is 95.9 Å². The molecule has 0 spiro atoms. The van der Waals surface area contributed by atoms with Crippen molar-refractivity contribution in [3.63, 3.8) is 0 Å². The van der Waals surface area contributed by atoms with Crippen LogP contribution in [-0.2, 0) is 25.5 Å². The summed E-state index contributed by atoms with van der Waals surface area (Å²) >= 11 is 0. The van der Waals surface area contributed by atoms with E-state index in [4.69, 9.17) is 9.84 Å². The SMILES string of the molecule is O=C(Cc1ccccc1)NCCC(=O)N1CCOCC1C(=O)O. The molecule has 1 fully saturated rings. The number of morpholine rings is 1. The standard InChI is InChI=1S/C16H20N2O5/c19-14(10-12-4-2-1-3-5-12)17-7-6-15(20)18-8-9-23-11-13(18)16(21)22/h1-5,13H,6-11H2,(H,17,19)(H,21,22). The van der Waals surface area contributed by atoms with Crippen LogP contribution in [-0.4, -0.2) is 60.1 Å². The number of carboxylic acids is 1. The number of hydrogen-bond donors (Lipinski definition) is 2. The Hall–Kier alpha value is -2.41. The van der Waals surface area contributed by atoms with Crippen molar-refractivity contribution in [2.24, 2.45) is 0 Å². The number of benzene rings is 1. The van der Waals surface area contributed by atoms with Gasteiger partial charge in [0.05, 0.1) is 19.6 Å². The second-order valence-electron chi connectivity index (χ2n) is 5.28. The van der Waals surface area contributed by atoms with Crippen molar-refractivity contribution in [3.05, 3.63) is 35.9 Å². The summed E-state index contributed by atoms with van der Waals surface area (Å²) < 4.78 is 5.09. The molecule has 1 aliphatic heterocycles. The number of hydrogen-bond acceptors (Lipinski definition) is 4. The smallest absolute Gasteiger partial charge is 0.328 e. The molecular formula is C16H20N2O5. The average Bonchev–Trinajstić information content (AvgIpc) is 2.55. The van der Waals surface area contributed by atoms with Gasteiger partial charge in [0.2, 0.25) is 11.8 Å². The van der Waals surface area contributed by atoms with Crippen LogP contribution in [0.1, 0.15) is 12.0 Å². The van der Waals surface area contributed by atoms with Crippen LogP contribution < -0.4 is 5.32 Å². The second kappa shape index (κ2) is 8.28. The quantitative estimate of drug-likeness (QED) is 0.772. The Kier molecular flexibility index (Phi) is 6.10. The van der Waals surface area contributed by atoms with Crippen molar-refractivity contribution in [1.82, 2.24) is 10.2 Å². The summed E-state index contributed by atoms with van der Waals surface area (Å²) in [7, 11) is 0. The van der Waals surface area contributed by atoms with E-state index in [1.807, 2.05) is 30.3 Å². The van der Waals surface area contributed by atoms with Crippen LogP contribution in [0.3, 0.4) is 0 Å². The van der Waals surface area contributed by atoms with E-state index in [2.05, 4.69) is 5.32 Å². The summed E-state index contributed by atoms with van der Waals surface area (Å²) in [4.78, 5) is 36.3. The molecule has 7 heteroatoms. The molecule has 2 rings (SSSR count). The Labute approximate surface area is 134 Å². The molecule has 1 atom stereocenters. The van der Waals surface area contributed by atoms with E-state index >= 15 is 0 Å². The third kappa shape index (κ3) is 5.07. The van der Waals surface area contributed by atoms with Crippen LogP contribution in [0.2, 0.25) is 0 Å². The van der Waals surface area contributed by atoms with Gasteiger partial charge in [0.25, 0.3) is 0 Å². The maximum absolute atomic E-state index is 12.1. The fraction of sp³-hybridized carbons (Fsp3) is 0.438. The van der Waals surface area contributed by atoms with Gasteiger partial charge in [-0.15, -0.1) is 0 Å². The third-order valence-electron chi connectivity index (χ3n) is 3.60. The fourth-order valence-corrected chi connectivity index (χ4v) is 2.40. The minimum Gasteiger partial charge on any atom is -0.480 e. The van der Waals surface area contributed by atoms with Crippen LogP contribution in [0.15, 0.2) is 30.3 Å². The molecule has 1 aliphatic rings. The third-order valence-corrected chi connectivity index (χ3v) is 3.60. The summed E-state index contributed by atoms with van der Waals surface area (Å²) in [6, 6.07) is 8.36. The Morgan fingerprint density at radius 1 is 1.26 bits per heavy atom. The molecule has 124 valence electrons. The Balaban J connectivity index is 1.75. The highest BCUT2D eigenvalue weighted by Crippen LogP contribution is 2.09. The summed E-state index contributed by atoms with van der Waals surface area (Å²) in [6.07, 6.45) is 0.328. The molecule has 0 bridgehead atoms. The first-order valence-electron chi connectivity index (χ1n) is 7.48. The predicted octanol–water partition coefficient (Wildman–Crippen LogP) is 0.0474. The van der Waals surface area contributed by atoms with E-state index < -0.39 is 12.0 Å². The van der Waals surface area contributed by atoms with Crippen LogP contribution in [0.4, 0.5) is 0 Å². The number of amides is 2. The number of aliphatic carboxylic acids is 1. The summed E-state index contributed by atoms with van der Waals surface area (Å²) in [6.45, 7) is 0.777. The van der Waals surface area contributed by atoms with Gasteiger partial charge in [0.15, 0.2) is 6.04 Å². The molecule has 0 saturated carbocycles. The first kappa shape index (κ1) is 17.0. The first-order chi connectivity index (χ1) is 11.1. The van der Waals surface area contributed by atoms with Gasteiger partial charge in [0, 0.05) is 19.5 Å². The molecule has 0 aromatic heterocycles. The fourth-order valence-electron chi connectivity index (χ4n) is 2.40. The monoisotopic (exact) mass is 320 g/mol. The molecule has 1 saturated heterocycles. The van der Waals surface area contributed by atoms with Crippen LogP contribution in [0.5, 0.6) is 0 Å². The van der Waals surface area contributed by atoms with E-state index in [1.54, 1.807) is 0 Å². The molecule has 0 radical (unpaired) electrons. The Morgan fingerprint density at radius 3 is 2.70 bits per heavy atom. The van der Waals surface area contributed by atoms with Gasteiger partial charge < -0.3 is 20.1 Å². The Bertz CT molecular complexity index is 561. The van der Waals surface area contributed by atoms with E-state index in [9.17, 15) is 14.4 Å². The minimum atomic E-state index is -1.08. The molecule has 1 heterocycles. The van der Waals surface area contributed by atoms with Crippen molar-refractivity contribution in [3.8, 4) is 0 Å². The maximum Gasteiger partial charge on any atom is 0.328 e. The minimum absolute atomic E-state index is 0.00143. The maximum atomic E-state index is 12.1. The molecule has 2 N–H and O–H groups in total. The highest BCUT2D eigenvalue weighted by Gasteiger charge is 2.32. The number of nitrogens with zero attached hydrogens (tertiary/aromatic N) is 1. The lowest BCUT2D eigenvalue weighted by molar-refractivity contribution is -0.158. The van der Waals surface area contributed by atoms with Gasteiger partial charge in [-0.2, -0.15) is 0 Å². The number of ether oxygens (including phenoxy) is 1. The number of nitrogens with one attached hydrogen (secondary N) is 1. The van der Waals surface area contributed by atoms with Crippen molar-refractivity contribution in [2.75, 3.05) is 26.3 Å². The number of carbonyl (C=O) groups excluding carboxylic acids is 2. The van der Waals surface area contributed by atoms with Gasteiger partial charge in [-0.25, -0.2) is 4.79 Å². The van der Waals surface area contributed by atoms with Gasteiger partial charge in [-0.05, 0) is 5.56 Å². The number of rotatable bonds is 6. The van der Waals surface area contributed by atoms with Crippen LogP contribution in [0.25, 0.3) is 0 Å². The van der Waals surface area contributed by atoms with E-state index in [0.29, 0.717) is 6.61 Å². The lowest BCUT2D eigenvalue weighted by atomic mass is 10.1. The second-order valence-corrected chi connectivity index (χ2v) is 5.28. The average molecular weight is 320 g/mol. The molecule has 1 aromatic rings. The molecule has 1 aromatic carbocycles. The van der Waals surface area contributed by atoms with Crippen molar-refractivity contribution < 1.29 is 24.2 Å². The van der Waals surface area contributed by atoms with Gasteiger partial charge in [-0.1, -0.05) is 30.3 Å². The van der Waals surface area contributed by atoms with E-state index in [1.165, 1.54) is 4.90 Å². The predicted molar refractivity (Wildman–Crippen MR) is 81.7 cm³/mol. The van der Waals surface area contributed by atoms with Crippen LogP contribution in [0, 0.1) is 0 Å². The lowest BCUT2D eigenvalue weighted by Gasteiger charge is -2.32. The van der Waals surface area contributed by atoms with Crippen molar-refractivity contribution >= 4 is 17.8 Å². The molecule has 23 heavy (non-hydrogen) atoms. The highest BCUT2D eigenvalue weighted by molar-refractivity contribution is 5.84. The molecular weight excluding hydrogens is 300 g/mol. The largest absolute Gasteiger partial charge is 0.480 e. The zero-order valence-electron chi connectivity index (χ0n) is 12.7. The highest BCUT2D eigenvalue weighted by atomic mass is 16.5. The van der Waals surface area contributed by atoms with E-state index in [0.717, 1.165) is 5.56 Å². The van der Waals surface area contributed by atoms with Gasteiger partial charge in [0.1, 0.15) is 0 Å². The van der Waals surface area contributed by atoms with Crippen LogP contribution >= 0.6 is 0 Å². The zero-order chi connectivity index (χ0) is 16.7. The molecule has 1 unspecified atom stereocenters. The zero-order valence-corrected chi connectivity index (χ0v) is 12.7. The number of carboxylic acid groups (broad SMARTS) is 1. The van der Waals surface area contributed by atoms with Gasteiger partial charge in [-0.3, -0.25) is 9.59 Å². The molecule has 7 nitrogen and oxygen atoms in total. The summed E-state index contributed by atoms with van der Waals surface area (Å²) in [5.41, 5.74) is 0.899. The molecule has 0 aliphatic carbocycles. The first-order valence-corrected chi connectivity index (χ1v) is 7.48. The van der Waals surface area contributed by atoms with Crippen molar-refractivity contribution in [1.29, 1.82) is 0 Å². The van der Waals surface area contributed by atoms with Gasteiger partial charge >= 0.3 is 5.97 Å². The summed E-state index contributed by atoms with van der Waals surface area (Å²) in [5.74, 6) is -1.53. The lowest BCUT2D eigenvalue weighted by Crippen LogP contribution is -2.53. The summed E-state index contributed by atoms with van der Waals surface area (Å²) in [5, 5.41) is 11.8. The Morgan fingerprint density at radius 2 is 2.00 bits per heavy atom. The molecule has 2 amide bonds. The normalized spacial score (nSPS) is 17.6.